The van der Waals surface area contributed by atoms with Gasteiger partial charge in [0.1, 0.15) is 12.1 Å². The Hall–Kier alpha value is -1.90. The Bertz CT molecular complexity index is 740. The molecule has 2 aromatic rings. The molecule has 0 bridgehead atoms. The first-order valence-corrected chi connectivity index (χ1v) is 8.22. The van der Waals surface area contributed by atoms with E-state index in [0.717, 1.165) is 0 Å². The van der Waals surface area contributed by atoms with Gasteiger partial charge in [-0.15, -0.1) is 0 Å². The molecule has 0 aliphatic rings. The molecule has 4 nitrogen and oxygen atoms in total. The summed E-state index contributed by atoms with van der Waals surface area (Å²) in [6.07, 6.45) is 0. The summed E-state index contributed by atoms with van der Waals surface area (Å²) < 4.78 is 62.9. The van der Waals surface area contributed by atoms with Crippen molar-refractivity contribution in [1.29, 1.82) is 0 Å². The SMILES string of the molecule is [H-].[NH3+][C@H](c1ccccc1)[C@H](NS(=O)(=O)C(F)(F)F)c1ccccc1. The normalized spacial score (nSPS) is 15.1. The Kier molecular flexibility index (Phi) is 5.08. The second kappa shape index (κ2) is 6.69. The van der Waals surface area contributed by atoms with Crippen molar-refractivity contribution in [3.8, 4) is 0 Å². The predicted octanol–water partition coefficient (Wildman–Crippen LogP) is 2.26. The van der Waals surface area contributed by atoms with Gasteiger partial charge in [0.05, 0.1) is 0 Å². The molecule has 0 amide bonds. The molecule has 8 heteroatoms. The smallest absolute Gasteiger partial charge is 0.511 e. The zero-order valence-electron chi connectivity index (χ0n) is 13.0. The molecular formula is C15H17F3N2O2S. The highest BCUT2D eigenvalue weighted by Crippen LogP contribution is 2.30. The quantitative estimate of drug-likeness (QED) is 0.871. The second-order valence-electron chi connectivity index (χ2n) is 4.97. The summed E-state index contributed by atoms with van der Waals surface area (Å²) >= 11 is 0. The number of nitrogens with one attached hydrogen (secondary N) is 1. The van der Waals surface area contributed by atoms with Gasteiger partial charge in [-0.1, -0.05) is 60.7 Å². The molecule has 126 valence electrons. The molecule has 0 aliphatic heterocycles. The van der Waals surface area contributed by atoms with Gasteiger partial charge >= 0.3 is 15.5 Å². The molecule has 0 spiro atoms. The van der Waals surface area contributed by atoms with Crippen LogP contribution < -0.4 is 10.5 Å². The maximum atomic E-state index is 12.7. The second-order valence-corrected chi connectivity index (χ2v) is 6.68. The van der Waals surface area contributed by atoms with E-state index in [1.165, 1.54) is 0 Å². The van der Waals surface area contributed by atoms with Gasteiger partial charge in [0.15, 0.2) is 0 Å². The molecule has 0 saturated carbocycles. The van der Waals surface area contributed by atoms with E-state index < -0.39 is 27.6 Å². The van der Waals surface area contributed by atoms with E-state index in [4.69, 9.17) is 0 Å². The Morgan fingerprint density at radius 3 is 1.78 bits per heavy atom. The lowest BCUT2D eigenvalue weighted by Gasteiger charge is -2.23. The Balaban J connectivity index is 0.00000288. The lowest BCUT2D eigenvalue weighted by atomic mass is 9.95. The van der Waals surface area contributed by atoms with Crippen molar-refractivity contribution in [2.75, 3.05) is 0 Å². The van der Waals surface area contributed by atoms with Crippen molar-refractivity contribution < 1.29 is 28.7 Å². The van der Waals surface area contributed by atoms with E-state index in [9.17, 15) is 21.6 Å². The number of rotatable bonds is 5. The number of quaternary nitrogens is 1. The standard InChI is InChI=1S/C15H15F3N2O2S.H/c16-15(17,18)23(21,22)20-14(12-9-5-2-6-10-12)13(19)11-7-3-1-4-8-11;/h1-10,13-14,20H,19H2;/q;-1/p+1/t13-,14-;/m1./s1. The summed E-state index contributed by atoms with van der Waals surface area (Å²) in [5, 5.41) is 0. The highest BCUT2D eigenvalue weighted by Gasteiger charge is 2.48. The first-order valence-electron chi connectivity index (χ1n) is 6.74. The topological polar surface area (TPSA) is 73.8 Å². The lowest BCUT2D eigenvalue weighted by Crippen LogP contribution is -2.59. The minimum absolute atomic E-state index is 0. The van der Waals surface area contributed by atoms with Crippen molar-refractivity contribution in [3.63, 3.8) is 0 Å². The van der Waals surface area contributed by atoms with Crippen molar-refractivity contribution in [2.45, 2.75) is 17.6 Å². The Morgan fingerprint density at radius 2 is 1.35 bits per heavy atom. The molecule has 2 atom stereocenters. The van der Waals surface area contributed by atoms with Crippen LogP contribution in [-0.4, -0.2) is 13.9 Å². The average molecular weight is 346 g/mol. The minimum atomic E-state index is -5.49. The van der Waals surface area contributed by atoms with Gasteiger partial charge in [0.25, 0.3) is 0 Å². The molecule has 0 aromatic heterocycles. The predicted molar refractivity (Wildman–Crippen MR) is 80.5 cm³/mol. The summed E-state index contributed by atoms with van der Waals surface area (Å²) in [5.41, 5.74) is -0.484. The number of hydrogen-bond acceptors (Lipinski definition) is 2. The van der Waals surface area contributed by atoms with Crippen LogP contribution in [0.2, 0.25) is 0 Å². The van der Waals surface area contributed by atoms with Gasteiger partial charge in [0.2, 0.25) is 0 Å². The van der Waals surface area contributed by atoms with Crippen LogP contribution in [0, 0.1) is 0 Å². The molecule has 0 aliphatic carbocycles. The van der Waals surface area contributed by atoms with Crippen LogP contribution in [-0.2, 0) is 10.0 Å². The van der Waals surface area contributed by atoms with Crippen molar-refractivity contribution >= 4 is 10.0 Å². The van der Waals surface area contributed by atoms with Crippen LogP contribution in [0.4, 0.5) is 13.2 Å². The third-order valence-electron chi connectivity index (χ3n) is 3.38. The molecule has 2 rings (SSSR count). The fourth-order valence-corrected chi connectivity index (χ4v) is 2.94. The summed E-state index contributed by atoms with van der Waals surface area (Å²) in [7, 11) is -5.49. The van der Waals surface area contributed by atoms with E-state index in [1.54, 1.807) is 65.4 Å². The molecule has 0 heterocycles. The zero-order chi connectivity index (χ0) is 17.1. The maximum Gasteiger partial charge on any atom is 0.511 e. The van der Waals surface area contributed by atoms with E-state index >= 15 is 0 Å². The van der Waals surface area contributed by atoms with Crippen LogP contribution in [0.15, 0.2) is 60.7 Å². The lowest BCUT2D eigenvalue weighted by molar-refractivity contribution is -0.433. The first-order chi connectivity index (χ1) is 10.7. The van der Waals surface area contributed by atoms with Crippen LogP contribution in [0.25, 0.3) is 0 Å². The van der Waals surface area contributed by atoms with E-state index in [2.05, 4.69) is 5.73 Å². The maximum absolute atomic E-state index is 12.7. The molecular weight excluding hydrogens is 329 g/mol. The van der Waals surface area contributed by atoms with Crippen molar-refractivity contribution in [1.82, 2.24) is 4.72 Å². The zero-order valence-corrected chi connectivity index (χ0v) is 12.8. The van der Waals surface area contributed by atoms with Crippen LogP contribution in [0.3, 0.4) is 0 Å². The average Bonchev–Trinajstić information content (AvgIpc) is 2.52. The number of benzene rings is 2. The molecule has 2 aromatic carbocycles. The molecule has 0 saturated heterocycles. The summed E-state index contributed by atoms with van der Waals surface area (Å²) in [6, 6.07) is 14.8. The van der Waals surface area contributed by atoms with Crippen LogP contribution in [0.1, 0.15) is 24.6 Å². The van der Waals surface area contributed by atoms with E-state index in [0.29, 0.717) is 11.1 Å². The van der Waals surface area contributed by atoms with Gasteiger partial charge in [0, 0.05) is 5.56 Å². The fourth-order valence-electron chi connectivity index (χ4n) is 2.17. The van der Waals surface area contributed by atoms with E-state index in [-0.39, 0.29) is 1.43 Å². The molecule has 23 heavy (non-hydrogen) atoms. The van der Waals surface area contributed by atoms with Gasteiger partial charge in [-0.25, -0.2) is 8.42 Å². The first kappa shape index (κ1) is 17.5. The summed E-state index contributed by atoms with van der Waals surface area (Å²) in [4.78, 5) is 0. The monoisotopic (exact) mass is 346 g/mol. The van der Waals surface area contributed by atoms with Gasteiger partial charge in [-0.05, 0) is 5.56 Å². The van der Waals surface area contributed by atoms with Crippen molar-refractivity contribution in [2.24, 2.45) is 0 Å². The third-order valence-corrected chi connectivity index (χ3v) is 4.55. The number of halogens is 3. The molecule has 4 N–H and O–H groups in total. The highest BCUT2D eigenvalue weighted by molar-refractivity contribution is 7.90. The largest absolute Gasteiger partial charge is 1.00 e. The highest BCUT2D eigenvalue weighted by atomic mass is 32.2. The third kappa shape index (κ3) is 4.10. The summed E-state index contributed by atoms with van der Waals surface area (Å²) in [5.74, 6) is 0. The summed E-state index contributed by atoms with van der Waals surface area (Å²) in [6.45, 7) is 0. The van der Waals surface area contributed by atoms with Gasteiger partial charge < -0.3 is 7.16 Å². The number of alkyl halides is 3. The Morgan fingerprint density at radius 1 is 0.913 bits per heavy atom. The number of sulfonamides is 1. The van der Waals surface area contributed by atoms with Gasteiger partial charge in [-0.3, -0.25) is 0 Å². The molecule has 0 radical (unpaired) electrons. The van der Waals surface area contributed by atoms with Gasteiger partial charge in [-0.2, -0.15) is 17.9 Å². The van der Waals surface area contributed by atoms with Crippen LogP contribution in [0.5, 0.6) is 0 Å². The molecule has 0 fully saturated rings. The Labute approximate surface area is 133 Å². The van der Waals surface area contributed by atoms with Crippen LogP contribution >= 0.6 is 0 Å². The molecule has 0 unspecified atom stereocenters. The van der Waals surface area contributed by atoms with Crippen molar-refractivity contribution in [3.05, 3.63) is 71.8 Å². The van der Waals surface area contributed by atoms with E-state index in [1.807, 2.05) is 0 Å². The fraction of sp³-hybridized carbons (Fsp3) is 0.200. The minimum Gasteiger partial charge on any atom is -1.00 e. The number of hydrogen-bond donors (Lipinski definition) is 2.